The topological polar surface area (TPSA) is 81.1 Å². The van der Waals surface area contributed by atoms with Gasteiger partial charge in [0, 0.05) is 31.8 Å². The summed E-state index contributed by atoms with van der Waals surface area (Å²) < 4.78 is 7.16. The van der Waals surface area contributed by atoms with Crippen LogP contribution in [0, 0.1) is 19.3 Å². The van der Waals surface area contributed by atoms with E-state index in [0.717, 1.165) is 48.4 Å². The maximum Gasteiger partial charge on any atom is 0.252 e. The number of carbonyl (C=O) groups is 1. The number of fused-ring (bicyclic) bond motifs is 1. The minimum atomic E-state index is -0.0689. The van der Waals surface area contributed by atoms with Gasteiger partial charge >= 0.3 is 0 Å². The number of aromatic nitrogens is 3. The van der Waals surface area contributed by atoms with Crippen LogP contribution in [0.25, 0.3) is 11.0 Å². The first kappa shape index (κ1) is 23.6. The van der Waals surface area contributed by atoms with Crippen LogP contribution >= 0.6 is 24.8 Å². The van der Waals surface area contributed by atoms with Crippen LogP contribution in [0.5, 0.6) is 0 Å². The number of piperidine rings is 1. The third-order valence-corrected chi connectivity index (χ3v) is 5.08. The van der Waals surface area contributed by atoms with Crippen molar-refractivity contribution >= 4 is 41.8 Å². The van der Waals surface area contributed by atoms with E-state index in [1.165, 1.54) is 0 Å². The number of aryl methyl sites for hydroxylation is 3. The average molecular weight is 418 g/mol. The van der Waals surface area contributed by atoms with Gasteiger partial charge in [0.05, 0.1) is 23.3 Å². The standard InChI is InChI=1S/C18H27N5O2.2ClH/c1-12-9-14(15-13(2)22-23(3)16(15)21-12)17(24)20-10-18(11-25-4)5-7-19-8-6-18;;/h9,19H,5-8,10-11H2,1-4H3,(H,20,24);2*1H. The number of hydrogen-bond donors (Lipinski definition) is 2. The van der Waals surface area contributed by atoms with Crippen LogP contribution in [0.15, 0.2) is 6.07 Å². The first-order valence-corrected chi connectivity index (χ1v) is 8.74. The fourth-order valence-electron chi connectivity index (χ4n) is 3.75. The lowest BCUT2D eigenvalue weighted by molar-refractivity contribution is 0.0512. The smallest absolute Gasteiger partial charge is 0.252 e. The van der Waals surface area contributed by atoms with E-state index in [-0.39, 0.29) is 36.1 Å². The number of pyridine rings is 1. The summed E-state index contributed by atoms with van der Waals surface area (Å²) in [5, 5.41) is 11.8. The number of ether oxygens (including phenoxy) is 1. The second-order valence-electron chi connectivity index (χ2n) is 7.08. The van der Waals surface area contributed by atoms with Gasteiger partial charge in [0.15, 0.2) is 5.65 Å². The average Bonchev–Trinajstić information content (AvgIpc) is 2.87. The Balaban J connectivity index is 0.00000182. The van der Waals surface area contributed by atoms with Crippen LogP contribution in [-0.4, -0.2) is 54.0 Å². The number of halogens is 2. The molecular weight excluding hydrogens is 389 g/mol. The van der Waals surface area contributed by atoms with Crippen molar-refractivity contribution in [3.8, 4) is 0 Å². The predicted molar refractivity (Wildman–Crippen MR) is 111 cm³/mol. The second kappa shape index (κ2) is 9.68. The maximum absolute atomic E-state index is 12.9. The third kappa shape index (κ3) is 4.90. The molecule has 1 aliphatic heterocycles. The Morgan fingerprint density at radius 2 is 2.00 bits per heavy atom. The van der Waals surface area contributed by atoms with E-state index in [0.29, 0.717) is 18.7 Å². The molecule has 0 bridgehead atoms. The van der Waals surface area contributed by atoms with Crippen molar-refractivity contribution < 1.29 is 9.53 Å². The van der Waals surface area contributed by atoms with Crippen molar-refractivity contribution in [1.82, 2.24) is 25.4 Å². The van der Waals surface area contributed by atoms with Gasteiger partial charge in [0.2, 0.25) is 0 Å². The molecule has 0 aliphatic carbocycles. The summed E-state index contributed by atoms with van der Waals surface area (Å²) in [4.78, 5) is 17.5. The van der Waals surface area contributed by atoms with Crippen molar-refractivity contribution in [2.24, 2.45) is 12.5 Å². The molecule has 152 valence electrons. The number of methoxy groups -OCH3 is 1. The Morgan fingerprint density at radius 3 is 2.63 bits per heavy atom. The lowest BCUT2D eigenvalue weighted by atomic mass is 9.79. The molecule has 9 heteroatoms. The molecule has 2 aromatic rings. The lowest BCUT2D eigenvalue weighted by Crippen LogP contribution is -2.47. The highest BCUT2D eigenvalue weighted by atomic mass is 35.5. The quantitative estimate of drug-likeness (QED) is 0.778. The molecule has 2 N–H and O–H groups in total. The molecule has 1 fully saturated rings. The first-order valence-electron chi connectivity index (χ1n) is 8.74. The molecule has 0 unspecified atom stereocenters. The minimum absolute atomic E-state index is 0. The van der Waals surface area contributed by atoms with Crippen LogP contribution in [0.4, 0.5) is 0 Å². The van der Waals surface area contributed by atoms with E-state index in [9.17, 15) is 4.79 Å². The SMILES string of the molecule is COCC1(CNC(=O)c2cc(C)nc3c2c(C)nn3C)CCNCC1.Cl.Cl. The van der Waals surface area contributed by atoms with Gasteiger partial charge in [-0.15, -0.1) is 24.8 Å². The third-order valence-electron chi connectivity index (χ3n) is 5.08. The van der Waals surface area contributed by atoms with Gasteiger partial charge in [-0.2, -0.15) is 5.10 Å². The van der Waals surface area contributed by atoms with E-state index in [1.807, 2.05) is 27.0 Å². The highest BCUT2D eigenvalue weighted by molar-refractivity contribution is 6.06. The van der Waals surface area contributed by atoms with E-state index < -0.39 is 0 Å². The summed E-state index contributed by atoms with van der Waals surface area (Å²) in [5.74, 6) is -0.0689. The molecule has 1 amide bonds. The van der Waals surface area contributed by atoms with Gasteiger partial charge in [-0.25, -0.2) is 4.98 Å². The predicted octanol–water partition coefficient (Wildman–Crippen LogP) is 2.17. The monoisotopic (exact) mass is 417 g/mol. The molecule has 7 nitrogen and oxygen atoms in total. The molecule has 1 aliphatic rings. The largest absolute Gasteiger partial charge is 0.384 e. The number of nitrogens with one attached hydrogen (secondary N) is 2. The first-order chi connectivity index (χ1) is 12.0. The second-order valence-corrected chi connectivity index (χ2v) is 7.08. The summed E-state index contributed by atoms with van der Waals surface area (Å²) in [7, 11) is 3.58. The van der Waals surface area contributed by atoms with Crippen LogP contribution in [0.1, 0.15) is 34.6 Å². The molecule has 0 spiro atoms. The number of nitrogens with zero attached hydrogens (tertiary/aromatic N) is 3. The highest BCUT2D eigenvalue weighted by Gasteiger charge is 2.33. The van der Waals surface area contributed by atoms with Crippen molar-refractivity contribution in [3.05, 3.63) is 23.0 Å². The Kier molecular flexibility index (Phi) is 8.48. The van der Waals surface area contributed by atoms with Gasteiger partial charge in [-0.05, 0) is 45.8 Å². The highest BCUT2D eigenvalue weighted by Crippen LogP contribution is 2.29. The number of carbonyl (C=O) groups excluding carboxylic acids is 1. The maximum atomic E-state index is 12.9. The Hall–Kier alpha value is -1.41. The molecule has 0 radical (unpaired) electrons. The molecule has 3 rings (SSSR count). The summed E-state index contributed by atoms with van der Waals surface area (Å²) in [6.07, 6.45) is 2.00. The van der Waals surface area contributed by atoms with Crippen molar-refractivity contribution in [2.45, 2.75) is 26.7 Å². The van der Waals surface area contributed by atoms with Gasteiger partial charge in [-0.1, -0.05) is 0 Å². The van der Waals surface area contributed by atoms with E-state index in [1.54, 1.807) is 11.8 Å². The normalized spacial score (nSPS) is 15.7. The van der Waals surface area contributed by atoms with Crippen molar-refractivity contribution in [3.63, 3.8) is 0 Å². The zero-order chi connectivity index (χ0) is 18.0. The van der Waals surface area contributed by atoms with E-state index in [4.69, 9.17) is 4.74 Å². The van der Waals surface area contributed by atoms with E-state index in [2.05, 4.69) is 20.7 Å². The zero-order valence-electron chi connectivity index (χ0n) is 16.3. The van der Waals surface area contributed by atoms with Gasteiger partial charge in [0.1, 0.15) is 0 Å². The minimum Gasteiger partial charge on any atom is -0.384 e. The Bertz CT molecular complexity index is 782. The van der Waals surface area contributed by atoms with Crippen LogP contribution in [0.3, 0.4) is 0 Å². The van der Waals surface area contributed by atoms with Crippen molar-refractivity contribution in [2.75, 3.05) is 33.4 Å². The molecule has 3 heterocycles. The van der Waals surface area contributed by atoms with Gasteiger partial charge in [-0.3, -0.25) is 9.48 Å². The zero-order valence-corrected chi connectivity index (χ0v) is 17.9. The van der Waals surface area contributed by atoms with Crippen LogP contribution < -0.4 is 10.6 Å². The molecule has 0 saturated carbocycles. The summed E-state index contributed by atoms with van der Waals surface area (Å²) >= 11 is 0. The van der Waals surface area contributed by atoms with Gasteiger partial charge < -0.3 is 15.4 Å². The Labute approximate surface area is 172 Å². The van der Waals surface area contributed by atoms with Crippen molar-refractivity contribution in [1.29, 1.82) is 0 Å². The molecule has 0 aromatic carbocycles. The van der Waals surface area contributed by atoms with Gasteiger partial charge in [0.25, 0.3) is 5.91 Å². The summed E-state index contributed by atoms with van der Waals surface area (Å²) in [6, 6.07) is 1.85. The molecule has 1 saturated heterocycles. The molecule has 27 heavy (non-hydrogen) atoms. The molecular formula is C18H29Cl2N5O2. The van der Waals surface area contributed by atoms with Crippen LogP contribution in [0.2, 0.25) is 0 Å². The Morgan fingerprint density at radius 1 is 1.33 bits per heavy atom. The fraction of sp³-hybridized carbons (Fsp3) is 0.611. The summed E-state index contributed by atoms with van der Waals surface area (Å²) in [6.45, 7) is 7.00. The molecule has 0 atom stereocenters. The molecule has 2 aromatic heterocycles. The summed E-state index contributed by atoms with van der Waals surface area (Å²) in [5.41, 5.74) is 3.03. The number of rotatable bonds is 5. The van der Waals surface area contributed by atoms with Crippen LogP contribution in [-0.2, 0) is 11.8 Å². The number of amides is 1. The fourth-order valence-corrected chi connectivity index (χ4v) is 3.75. The lowest BCUT2D eigenvalue weighted by Gasteiger charge is -2.37. The number of hydrogen-bond acceptors (Lipinski definition) is 5. The van der Waals surface area contributed by atoms with E-state index >= 15 is 0 Å².